The van der Waals surface area contributed by atoms with E-state index in [1.54, 1.807) is 26.3 Å². The minimum Gasteiger partial charge on any atom is -0.494 e. The van der Waals surface area contributed by atoms with Crippen LogP contribution in [0, 0.1) is 18.6 Å². The Labute approximate surface area is 219 Å². The van der Waals surface area contributed by atoms with Gasteiger partial charge < -0.3 is 19.9 Å². The van der Waals surface area contributed by atoms with Crippen molar-refractivity contribution in [3.8, 4) is 11.4 Å². The van der Waals surface area contributed by atoms with E-state index in [1.165, 1.54) is 16.7 Å². The summed E-state index contributed by atoms with van der Waals surface area (Å²) < 4.78 is 34.5. The van der Waals surface area contributed by atoms with Crippen LogP contribution < -0.4 is 20.5 Å². The molecule has 0 fully saturated rings. The number of anilines is 3. The minimum atomic E-state index is -1.06. The van der Waals surface area contributed by atoms with Gasteiger partial charge in [-0.2, -0.15) is 4.98 Å². The number of rotatable bonds is 9. The van der Waals surface area contributed by atoms with Crippen LogP contribution in [-0.4, -0.2) is 60.8 Å². The lowest BCUT2D eigenvalue weighted by Crippen LogP contribution is -2.28. The van der Waals surface area contributed by atoms with Crippen LogP contribution in [0.2, 0.25) is 0 Å². The fourth-order valence-corrected chi connectivity index (χ4v) is 4.12. The van der Waals surface area contributed by atoms with Crippen LogP contribution in [0.25, 0.3) is 22.8 Å². The van der Waals surface area contributed by atoms with Crippen molar-refractivity contribution in [3.05, 3.63) is 82.3 Å². The molecule has 198 valence electrons. The summed E-state index contributed by atoms with van der Waals surface area (Å²) >= 11 is 0. The lowest BCUT2D eigenvalue weighted by molar-refractivity contribution is 0.413. The molecule has 8 nitrogen and oxygen atoms in total. The number of pyridine rings is 1. The number of nitrogens with zero attached hydrogens (tertiary/aromatic N) is 5. The third kappa shape index (κ3) is 5.35. The first-order chi connectivity index (χ1) is 18.1. The third-order valence-electron chi connectivity index (χ3n) is 6.24. The van der Waals surface area contributed by atoms with E-state index in [0.717, 1.165) is 36.5 Å². The zero-order valence-corrected chi connectivity index (χ0v) is 22.0. The second-order valence-corrected chi connectivity index (χ2v) is 9.20. The lowest BCUT2D eigenvalue weighted by atomic mass is 10.1. The number of aromatic nitrogens is 3. The normalized spacial score (nSPS) is 11.2. The van der Waals surface area contributed by atoms with Crippen LogP contribution in [0.4, 0.5) is 26.1 Å². The topological polar surface area (TPSA) is 75.5 Å². The van der Waals surface area contributed by atoms with E-state index in [4.69, 9.17) is 4.74 Å². The number of aryl methyl sites for hydroxylation is 1. The van der Waals surface area contributed by atoms with Crippen molar-refractivity contribution in [1.82, 2.24) is 19.4 Å². The summed E-state index contributed by atoms with van der Waals surface area (Å²) in [7, 11) is 7.62. The van der Waals surface area contributed by atoms with Crippen molar-refractivity contribution in [2.24, 2.45) is 0 Å². The molecule has 0 saturated carbocycles. The van der Waals surface area contributed by atoms with Crippen LogP contribution in [0.5, 0.6) is 5.75 Å². The van der Waals surface area contributed by atoms with Crippen molar-refractivity contribution in [2.45, 2.75) is 6.92 Å². The molecule has 0 bridgehead atoms. The maximum absolute atomic E-state index is 14.0. The fraction of sp³-hybridized carbons (Fsp3) is 0.250. The van der Waals surface area contributed by atoms with Gasteiger partial charge in [0.25, 0.3) is 5.56 Å². The molecule has 4 aromatic rings. The lowest BCUT2D eigenvalue weighted by Gasteiger charge is -2.25. The highest BCUT2D eigenvalue weighted by Gasteiger charge is 2.16. The Morgan fingerprint density at radius 3 is 2.53 bits per heavy atom. The summed E-state index contributed by atoms with van der Waals surface area (Å²) in [5, 5.41) is 3.77. The number of hydrogen-bond donors (Lipinski definition) is 1. The molecule has 0 unspecified atom stereocenters. The summed E-state index contributed by atoms with van der Waals surface area (Å²) in [5.41, 5.74) is 3.06. The van der Waals surface area contributed by atoms with Gasteiger partial charge in [0.15, 0.2) is 17.3 Å². The monoisotopic (exact) mass is 520 g/mol. The Balaban J connectivity index is 1.79. The highest BCUT2D eigenvalue weighted by Crippen LogP contribution is 2.35. The van der Waals surface area contributed by atoms with Gasteiger partial charge in [0.05, 0.1) is 18.5 Å². The molecule has 1 N–H and O–H groups in total. The van der Waals surface area contributed by atoms with Gasteiger partial charge in [0.1, 0.15) is 5.75 Å². The van der Waals surface area contributed by atoms with Crippen LogP contribution in [0.15, 0.2) is 54.0 Å². The molecule has 2 aromatic carbocycles. The van der Waals surface area contributed by atoms with E-state index < -0.39 is 17.2 Å². The van der Waals surface area contributed by atoms with E-state index >= 15 is 0 Å². The number of ether oxygens (including phenoxy) is 1. The van der Waals surface area contributed by atoms with Gasteiger partial charge >= 0.3 is 0 Å². The van der Waals surface area contributed by atoms with Gasteiger partial charge in [-0.3, -0.25) is 9.36 Å². The van der Waals surface area contributed by atoms with Crippen molar-refractivity contribution in [2.75, 3.05) is 51.6 Å². The fourth-order valence-electron chi connectivity index (χ4n) is 4.12. The van der Waals surface area contributed by atoms with Crippen molar-refractivity contribution in [1.29, 1.82) is 0 Å². The number of fused-ring (bicyclic) bond motifs is 1. The molecule has 2 aromatic heterocycles. The maximum Gasteiger partial charge on any atom is 0.257 e. The summed E-state index contributed by atoms with van der Waals surface area (Å²) in [6.45, 7) is 7.40. The Hall–Kier alpha value is -4.31. The second kappa shape index (κ2) is 11.0. The van der Waals surface area contributed by atoms with Gasteiger partial charge in [-0.25, -0.2) is 13.8 Å². The van der Waals surface area contributed by atoms with E-state index in [2.05, 4.69) is 31.7 Å². The first kappa shape index (κ1) is 26.7. The standard InChI is InChI=1S/C28H30F2N6O2/c1-7-18-13-23(25(38-6)15-24(18)35(5)11-10-34(3)4)32-28-31-16-20-17(2)12-26(37)36(27(20)33-28)19-8-9-21(29)22(30)14-19/h7-9,12-16H,1,10-11H2,2-6H3,(H,31,32,33). The van der Waals surface area contributed by atoms with Crippen LogP contribution >= 0.6 is 0 Å². The summed E-state index contributed by atoms with van der Waals surface area (Å²) in [5.74, 6) is -1.31. The summed E-state index contributed by atoms with van der Waals surface area (Å²) in [4.78, 5) is 26.2. The minimum absolute atomic E-state index is 0.153. The molecule has 0 aliphatic carbocycles. The van der Waals surface area contributed by atoms with Gasteiger partial charge in [-0.05, 0) is 50.3 Å². The van der Waals surface area contributed by atoms with Gasteiger partial charge in [-0.1, -0.05) is 12.7 Å². The summed E-state index contributed by atoms with van der Waals surface area (Å²) in [6.07, 6.45) is 3.34. The molecule has 4 rings (SSSR count). The maximum atomic E-state index is 14.0. The van der Waals surface area contributed by atoms with Crippen molar-refractivity contribution >= 4 is 34.4 Å². The molecule has 0 spiro atoms. The predicted octanol–water partition coefficient (Wildman–Crippen LogP) is 4.76. The zero-order valence-electron chi connectivity index (χ0n) is 22.0. The molecule has 0 saturated heterocycles. The molecule has 38 heavy (non-hydrogen) atoms. The number of likely N-dealkylation sites (N-methyl/N-ethyl adjacent to an activating group) is 2. The molecule has 0 radical (unpaired) electrons. The molecule has 0 aliphatic rings. The number of methoxy groups -OCH3 is 1. The highest BCUT2D eigenvalue weighted by molar-refractivity contribution is 5.82. The zero-order chi connectivity index (χ0) is 27.6. The quantitative estimate of drug-likeness (QED) is 0.341. The van der Waals surface area contributed by atoms with Crippen molar-refractivity contribution in [3.63, 3.8) is 0 Å². The number of hydrogen-bond acceptors (Lipinski definition) is 7. The summed E-state index contributed by atoms with van der Waals surface area (Å²) in [6, 6.07) is 8.48. The Morgan fingerprint density at radius 1 is 1.11 bits per heavy atom. The second-order valence-electron chi connectivity index (χ2n) is 9.20. The Morgan fingerprint density at radius 2 is 1.87 bits per heavy atom. The van der Waals surface area contributed by atoms with Gasteiger partial charge in [0, 0.05) is 55.6 Å². The van der Waals surface area contributed by atoms with Gasteiger partial charge in [0.2, 0.25) is 5.95 Å². The van der Waals surface area contributed by atoms with Crippen molar-refractivity contribution < 1.29 is 13.5 Å². The Bertz CT molecular complexity index is 1570. The van der Waals surface area contributed by atoms with E-state index in [-0.39, 0.29) is 17.3 Å². The first-order valence-corrected chi connectivity index (χ1v) is 11.9. The smallest absolute Gasteiger partial charge is 0.257 e. The predicted molar refractivity (Wildman–Crippen MR) is 148 cm³/mol. The average Bonchev–Trinajstić information content (AvgIpc) is 2.88. The van der Waals surface area contributed by atoms with Crippen LogP contribution in [-0.2, 0) is 0 Å². The SMILES string of the molecule is C=Cc1cc(Nc2ncc3c(C)cc(=O)n(-c4ccc(F)c(F)c4)c3n2)c(OC)cc1N(C)CCN(C)C. The van der Waals surface area contributed by atoms with E-state index in [9.17, 15) is 13.6 Å². The van der Waals surface area contributed by atoms with Crippen LogP contribution in [0.3, 0.4) is 0 Å². The third-order valence-corrected chi connectivity index (χ3v) is 6.24. The number of halogens is 2. The number of nitrogens with one attached hydrogen (secondary N) is 1. The molecule has 0 aliphatic heterocycles. The molecular formula is C28H30F2N6O2. The van der Waals surface area contributed by atoms with Gasteiger partial charge in [-0.15, -0.1) is 0 Å². The van der Waals surface area contributed by atoms with Crippen LogP contribution in [0.1, 0.15) is 11.1 Å². The highest BCUT2D eigenvalue weighted by atomic mass is 19.2. The molecule has 0 atom stereocenters. The molecule has 0 amide bonds. The molecule has 10 heteroatoms. The van der Waals surface area contributed by atoms with E-state index in [0.29, 0.717) is 22.4 Å². The largest absolute Gasteiger partial charge is 0.494 e. The molecular weight excluding hydrogens is 490 g/mol. The average molecular weight is 521 g/mol. The Kier molecular flexibility index (Phi) is 7.72. The molecule has 2 heterocycles. The van der Waals surface area contributed by atoms with E-state index in [1.807, 2.05) is 33.3 Å². The first-order valence-electron chi connectivity index (χ1n) is 11.9. The number of benzene rings is 2.